The second-order valence-electron chi connectivity index (χ2n) is 5.95. The zero-order valence-corrected chi connectivity index (χ0v) is 14.1. The molecule has 1 heterocycles. The molecule has 2 unspecified atom stereocenters. The van der Waals surface area contributed by atoms with Crippen LogP contribution in [0.1, 0.15) is 31.4 Å². The average Bonchev–Trinajstić information content (AvgIpc) is 2.54. The van der Waals surface area contributed by atoms with E-state index in [-0.39, 0.29) is 6.04 Å². The molecule has 1 saturated heterocycles. The summed E-state index contributed by atoms with van der Waals surface area (Å²) in [5.74, 6) is 2.70. The third kappa shape index (κ3) is 3.47. The van der Waals surface area contributed by atoms with Gasteiger partial charge in [0.05, 0.1) is 21.3 Å². The minimum Gasteiger partial charge on any atom is -0.493 e. The van der Waals surface area contributed by atoms with E-state index in [1.807, 2.05) is 12.1 Å². The maximum absolute atomic E-state index is 6.08. The Hall–Kier alpha value is -1.46. The summed E-state index contributed by atoms with van der Waals surface area (Å²) < 4.78 is 16.3. The van der Waals surface area contributed by atoms with Crippen molar-refractivity contribution in [2.75, 3.05) is 41.0 Å². The summed E-state index contributed by atoms with van der Waals surface area (Å²) in [4.78, 5) is 2.47. The molecular weight excluding hydrogens is 280 g/mol. The van der Waals surface area contributed by atoms with Gasteiger partial charge in [-0.15, -0.1) is 0 Å². The fourth-order valence-electron chi connectivity index (χ4n) is 3.30. The van der Waals surface area contributed by atoms with Crippen LogP contribution in [0.2, 0.25) is 0 Å². The predicted octanol–water partition coefficient (Wildman–Crippen LogP) is 2.44. The first kappa shape index (κ1) is 16.9. The third-order valence-electron chi connectivity index (χ3n) is 4.42. The van der Waals surface area contributed by atoms with E-state index in [0.29, 0.717) is 29.7 Å². The van der Waals surface area contributed by atoms with Gasteiger partial charge in [-0.05, 0) is 43.0 Å². The maximum Gasteiger partial charge on any atom is 0.203 e. The van der Waals surface area contributed by atoms with Crippen LogP contribution in [0.15, 0.2) is 12.1 Å². The van der Waals surface area contributed by atoms with Crippen molar-refractivity contribution in [1.82, 2.24) is 4.90 Å². The molecule has 0 saturated carbocycles. The van der Waals surface area contributed by atoms with Crippen molar-refractivity contribution >= 4 is 0 Å². The summed E-state index contributed by atoms with van der Waals surface area (Å²) in [5.41, 5.74) is 7.20. The van der Waals surface area contributed by atoms with Crippen LogP contribution in [0, 0.1) is 5.92 Å². The van der Waals surface area contributed by atoms with E-state index >= 15 is 0 Å². The summed E-state index contributed by atoms with van der Waals surface area (Å²) >= 11 is 0. The molecule has 0 aromatic heterocycles. The van der Waals surface area contributed by atoms with Crippen LogP contribution in [0.3, 0.4) is 0 Å². The number of rotatable bonds is 6. The van der Waals surface area contributed by atoms with Crippen LogP contribution in [0.25, 0.3) is 0 Å². The van der Waals surface area contributed by atoms with Crippen molar-refractivity contribution in [2.24, 2.45) is 11.7 Å². The van der Waals surface area contributed by atoms with Gasteiger partial charge in [-0.3, -0.25) is 4.90 Å². The minimum absolute atomic E-state index is 0.177. The van der Waals surface area contributed by atoms with Gasteiger partial charge in [0.2, 0.25) is 5.75 Å². The van der Waals surface area contributed by atoms with Crippen LogP contribution < -0.4 is 19.9 Å². The topological polar surface area (TPSA) is 57.0 Å². The molecule has 5 nitrogen and oxygen atoms in total. The van der Waals surface area contributed by atoms with Gasteiger partial charge < -0.3 is 19.9 Å². The van der Waals surface area contributed by atoms with Gasteiger partial charge in [-0.2, -0.15) is 0 Å². The zero-order valence-electron chi connectivity index (χ0n) is 14.1. The van der Waals surface area contributed by atoms with Gasteiger partial charge in [0, 0.05) is 19.1 Å². The molecule has 2 rings (SSSR count). The monoisotopic (exact) mass is 308 g/mol. The van der Waals surface area contributed by atoms with Crippen LogP contribution in [-0.4, -0.2) is 45.9 Å². The Kier molecular flexibility index (Phi) is 5.91. The number of hydrogen-bond acceptors (Lipinski definition) is 5. The van der Waals surface area contributed by atoms with E-state index in [2.05, 4.69) is 11.8 Å². The molecule has 1 aliphatic rings. The molecule has 0 aliphatic carbocycles. The minimum atomic E-state index is 0.177. The lowest BCUT2D eigenvalue weighted by molar-refractivity contribution is 0.132. The number of ether oxygens (including phenoxy) is 3. The second kappa shape index (κ2) is 7.70. The maximum atomic E-state index is 6.08. The van der Waals surface area contributed by atoms with Gasteiger partial charge in [-0.1, -0.05) is 6.92 Å². The fraction of sp³-hybridized carbons (Fsp3) is 0.647. The highest BCUT2D eigenvalue weighted by atomic mass is 16.5. The molecule has 22 heavy (non-hydrogen) atoms. The SMILES string of the molecule is COc1cc(C(CN)N2CCCC(C)C2)cc(OC)c1OC. The fourth-order valence-corrected chi connectivity index (χ4v) is 3.30. The molecule has 0 amide bonds. The molecule has 2 N–H and O–H groups in total. The molecule has 124 valence electrons. The van der Waals surface area contributed by atoms with Crippen LogP contribution >= 0.6 is 0 Å². The highest BCUT2D eigenvalue weighted by Gasteiger charge is 2.26. The van der Waals surface area contributed by atoms with E-state index in [1.165, 1.54) is 12.8 Å². The van der Waals surface area contributed by atoms with Gasteiger partial charge in [-0.25, -0.2) is 0 Å². The van der Waals surface area contributed by atoms with Gasteiger partial charge in [0.25, 0.3) is 0 Å². The zero-order chi connectivity index (χ0) is 16.1. The molecule has 2 atom stereocenters. The molecule has 0 bridgehead atoms. The van der Waals surface area contributed by atoms with E-state index in [9.17, 15) is 0 Å². The van der Waals surface area contributed by atoms with Crippen LogP contribution in [0.4, 0.5) is 0 Å². The van der Waals surface area contributed by atoms with Crippen molar-refractivity contribution in [1.29, 1.82) is 0 Å². The summed E-state index contributed by atoms with van der Waals surface area (Å²) in [7, 11) is 4.90. The second-order valence-corrected chi connectivity index (χ2v) is 5.95. The Morgan fingerprint density at radius 3 is 2.27 bits per heavy atom. The lowest BCUT2D eigenvalue weighted by Crippen LogP contribution is -2.40. The first-order valence-corrected chi connectivity index (χ1v) is 7.88. The molecule has 0 radical (unpaired) electrons. The number of nitrogens with two attached hydrogens (primary N) is 1. The van der Waals surface area contributed by atoms with Crippen molar-refractivity contribution in [3.05, 3.63) is 17.7 Å². The highest BCUT2D eigenvalue weighted by Crippen LogP contribution is 2.41. The Morgan fingerprint density at radius 1 is 1.18 bits per heavy atom. The summed E-state index contributed by atoms with van der Waals surface area (Å²) in [6.45, 7) is 5.04. The third-order valence-corrected chi connectivity index (χ3v) is 4.42. The number of piperidine rings is 1. The number of nitrogens with zero attached hydrogens (tertiary/aromatic N) is 1. The number of likely N-dealkylation sites (tertiary alicyclic amines) is 1. The van der Waals surface area contributed by atoms with E-state index in [1.54, 1.807) is 21.3 Å². The molecule has 1 aromatic carbocycles. The molecule has 1 aliphatic heterocycles. The number of hydrogen-bond donors (Lipinski definition) is 1. The van der Waals surface area contributed by atoms with E-state index in [0.717, 1.165) is 18.7 Å². The quantitative estimate of drug-likeness (QED) is 0.875. The first-order valence-electron chi connectivity index (χ1n) is 7.88. The van der Waals surface area contributed by atoms with E-state index in [4.69, 9.17) is 19.9 Å². The van der Waals surface area contributed by atoms with Gasteiger partial charge >= 0.3 is 0 Å². The Balaban J connectivity index is 2.35. The Labute approximate surface area is 133 Å². The molecule has 1 fully saturated rings. The van der Waals surface area contributed by atoms with Crippen molar-refractivity contribution < 1.29 is 14.2 Å². The number of methoxy groups -OCH3 is 3. The van der Waals surface area contributed by atoms with E-state index < -0.39 is 0 Å². The Bertz CT molecular complexity index is 468. The van der Waals surface area contributed by atoms with Crippen molar-refractivity contribution in [2.45, 2.75) is 25.8 Å². The highest BCUT2D eigenvalue weighted by molar-refractivity contribution is 5.54. The first-order chi connectivity index (χ1) is 10.6. The largest absolute Gasteiger partial charge is 0.493 e. The van der Waals surface area contributed by atoms with Gasteiger partial charge in [0.15, 0.2) is 11.5 Å². The van der Waals surface area contributed by atoms with Crippen molar-refractivity contribution in [3.63, 3.8) is 0 Å². The summed E-state index contributed by atoms with van der Waals surface area (Å²) in [5, 5.41) is 0. The molecule has 0 spiro atoms. The summed E-state index contributed by atoms with van der Waals surface area (Å²) in [6.07, 6.45) is 2.52. The smallest absolute Gasteiger partial charge is 0.203 e. The lowest BCUT2D eigenvalue weighted by atomic mass is 9.96. The number of benzene rings is 1. The normalized spacial score (nSPS) is 20.5. The predicted molar refractivity (Wildman–Crippen MR) is 87.9 cm³/mol. The summed E-state index contributed by atoms with van der Waals surface area (Å²) in [6, 6.07) is 4.20. The molecule has 1 aromatic rings. The lowest BCUT2D eigenvalue weighted by Gasteiger charge is -2.37. The standard InChI is InChI=1S/C17H28N2O3/c1-12-6-5-7-19(11-12)14(10-18)13-8-15(20-2)17(22-4)16(9-13)21-3/h8-9,12,14H,5-7,10-11,18H2,1-4H3. The van der Waals surface area contributed by atoms with Crippen molar-refractivity contribution in [3.8, 4) is 17.2 Å². The van der Waals surface area contributed by atoms with Gasteiger partial charge in [0.1, 0.15) is 0 Å². The average molecular weight is 308 g/mol. The van der Waals surface area contributed by atoms with Crippen LogP contribution in [-0.2, 0) is 0 Å². The molecular formula is C17H28N2O3. The van der Waals surface area contributed by atoms with Crippen LogP contribution in [0.5, 0.6) is 17.2 Å². The Morgan fingerprint density at radius 2 is 1.82 bits per heavy atom. The molecule has 5 heteroatoms.